The number of piperidine rings is 1. The normalized spacial score (nSPS) is 17.0. The van der Waals surface area contributed by atoms with Crippen molar-refractivity contribution < 1.29 is 4.39 Å². The number of halogens is 1. The van der Waals surface area contributed by atoms with Gasteiger partial charge in [-0.3, -0.25) is 4.90 Å². The van der Waals surface area contributed by atoms with Crippen molar-refractivity contribution in [2.24, 2.45) is 0 Å². The van der Waals surface area contributed by atoms with Crippen LogP contribution in [0.2, 0.25) is 0 Å². The van der Waals surface area contributed by atoms with Gasteiger partial charge >= 0.3 is 0 Å². The molecule has 0 spiro atoms. The first kappa shape index (κ1) is 15.0. The van der Waals surface area contributed by atoms with Crippen molar-refractivity contribution >= 4 is 5.69 Å². The maximum atomic E-state index is 13.5. The first-order valence-electron chi connectivity index (χ1n) is 7.43. The van der Waals surface area contributed by atoms with Crippen molar-refractivity contribution in [2.45, 2.75) is 39.7 Å². The van der Waals surface area contributed by atoms with Gasteiger partial charge in [0.1, 0.15) is 5.82 Å². The van der Waals surface area contributed by atoms with Crippen molar-refractivity contribution in [2.75, 3.05) is 25.0 Å². The molecular weight excluding hydrogens is 251 g/mol. The van der Waals surface area contributed by atoms with Gasteiger partial charge in [0.25, 0.3) is 0 Å². The zero-order valence-corrected chi connectivity index (χ0v) is 12.7. The molecule has 1 fully saturated rings. The van der Waals surface area contributed by atoms with Crippen LogP contribution >= 0.6 is 0 Å². The molecule has 0 amide bonds. The molecule has 3 heteroatoms. The van der Waals surface area contributed by atoms with E-state index in [9.17, 15) is 4.39 Å². The molecule has 2 rings (SSSR count). The summed E-state index contributed by atoms with van der Waals surface area (Å²) in [5.41, 5.74) is 3.04. The molecule has 1 saturated heterocycles. The van der Waals surface area contributed by atoms with Gasteiger partial charge < -0.3 is 5.32 Å². The lowest BCUT2D eigenvalue weighted by molar-refractivity contribution is 0.240. The zero-order chi connectivity index (χ0) is 14.5. The van der Waals surface area contributed by atoms with Crippen LogP contribution in [-0.2, 0) is 0 Å². The minimum Gasteiger partial charge on any atom is -0.382 e. The minimum atomic E-state index is -0.129. The van der Waals surface area contributed by atoms with E-state index in [2.05, 4.69) is 30.1 Å². The molecule has 1 aromatic rings. The molecule has 0 atom stereocenters. The Morgan fingerprint density at radius 2 is 2.05 bits per heavy atom. The van der Waals surface area contributed by atoms with Gasteiger partial charge in [-0.25, -0.2) is 4.39 Å². The quantitative estimate of drug-likeness (QED) is 0.837. The number of allylic oxidation sites excluding steroid dienone is 1. The van der Waals surface area contributed by atoms with Crippen molar-refractivity contribution in [1.29, 1.82) is 0 Å². The van der Waals surface area contributed by atoms with Crippen molar-refractivity contribution in [3.63, 3.8) is 0 Å². The molecule has 0 unspecified atom stereocenters. The van der Waals surface area contributed by atoms with Crippen LogP contribution in [0.5, 0.6) is 0 Å². The SMILES string of the molecule is CC(C)=CCN1CCC(Nc2cccc(F)c2C)CC1. The maximum Gasteiger partial charge on any atom is 0.128 e. The van der Waals surface area contributed by atoms with Crippen LogP contribution in [0.1, 0.15) is 32.3 Å². The van der Waals surface area contributed by atoms with Gasteiger partial charge in [0, 0.05) is 36.9 Å². The van der Waals surface area contributed by atoms with Gasteiger partial charge in [-0.05, 0) is 45.7 Å². The summed E-state index contributed by atoms with van der Waals surface area (Å²) in [6.45, 7) is 9.38. The van der Waals surface area contributed by atoms with E-state index in [0.29, 0.717) is 6.04 Å². The predicted octanol–water partition coefficient (Wildman–Crippen LogP) is 3.98. The average molecular weight is 276 g/mol. The molecule has 0 radical (unpaired) electrons. The number of rotatable bonds is 4. The Balaban J connectivity index is 1.85. The van der Waals surface area contributed by atoms with Crippen LogP contribution in [0, 0.1) is 12.7 Å². The summed E-state index contributed by atoms with van der Waals surface area (Å²) in [6.07, 6.45) is 4.52. The number of likely N-dealkylation sites (tertiary alicyclic amines) is 1. The smallest absolute Gasteiger partial charge is 0.128 e. The Labute approximate surface area is 121 Å². The summed E-state index contributed by atoms with van der Waals surface area (Å²) in [5, 5.41) is 3.49. The van der Waals surface area contributed by atoms with Gasteiger partial charge in [-0.15, -0.1) is 0 Å². The van der Waals surface area contributed by atoms with Crippen molar-refractivity contribution in [3.8, 4) is 0 Å². The second-order valence-electron chi connectivity index (χ2n) is 5.91. The van der Waals surface area contributed by atoms with Crippen LogP contribution in [-0.4, -0.2) is 30.6 Å². The van der Waals surface area contributed by atoms with Crippen molar-refractivity contribution in [3.05, 3.63) is 41.2 Å². The third-order valence-corrected chi connectivity index (χ3v) is 3.97. The fourth-order valence-corrected chi connectivity index (χ4v) is 2.56. The van der Waals surface area contributed by atoms with E-state index in [4.69, 9.17) is 0 Å². The van der Waals surface area contributed by atoms with Gasteiger partial charge in [-0.1, -0.05) is 17.7 Å². The molecule has 1 N–H and O–H groups in total. The lowest BCUT2D eigenvalue weighted by atomic mass is 10.0. The van der Waals surface area contributed by atoms with Gasteiger partial charge in [-0.2, -0.15) is 0 Å². The van der Waals surface area contributed by atoms with E-state index in [0.717, 1.165) is 43.7 Å². The van der Waals surface area contributed by atoms with Gasteiger partial charge in [0.15, 0.2) is 0 Å². The Morgan fingerprint density at radius 1 is 1.35 bits per heavy atom. The second kappa shape index (κ2) is 6.89. The molecule has 0 bridgehead atoms. The Bertz CT molecular complexity index is 470. The van der Waals surface area contributed by atoms with E-state index >= 15 is 0 Å². The predicted molar refractivity (Wildman–Crippen MR) is 83.7 cm³/mol. The summed E-state index contributed by atoms with van der Waals surface area (Å²) in [5.74, 6) is -0.129. The first-order chi connectivity index (χ1) is 9.56. The first-order valence-corrected chi connectivity index (χ1v) is 7.43. The highest BCUT2D eigenvalue weighted by molar-refractivity contribution is 5.51. The Morgan fingerprint density at radius 3 is 2.70 bits per heavy atom. The number of nitrogens with one attached hydrogen (secondary N) is 1. The maximum absolute atomic E-state index is 13.5. The monoisotopic (exact) mass is 276 g/mol. The van der Waals surface area contributed by atoms with Crippen LogP contribution in [0.25, 0.3) is 0 Å². The molecule has 2 nitrogen and oxygen atoms in total. The van der Waals surface area contributed by atoms with Gasteiger partial charge in [0.05, 0.1) is 0 Å². The molecule has 20 heavy (non-hydrogen) atoms. The minimum absolute atomic E-state index is 0.129. The summed E-state index contributed by atoms with van der Waals surface area (Å²) in [6, 6.07) is 5.71. The lowest BCUT2D eigenvalue weighted by Gasteiger charge is -2.32. The highest BCUT2D eigenvalue weighted by atomic mass is 19.1. The zero-order valence-electron chi connectivity index (χ0n) is 12.7. The Kier molecular flexibility index (Phi) is 5.18. The largest absolute Gasteiger partial charge is 0.382 e. The van der Waals surface area contributed by atoms with Gasteiger partial charge in [0.2, 0.25) is 0 Å². The standard InChI is InChI=1S/C17H25FN2/c1-13(2)7-10-20-11-8-15(9-12-20)19-17-6-4-5-16(18)14(17)3/h4-7,15,19H,8-12H2,1-3H3. The second-order valence-corrected chi connectivity index (χ2v) is 5.91. The fraction of sp³-hybridized carbons (Fsp3) is 0.529. The number of benzene rings is 1. The molecule has 1 aliphatic heterocycles. The van der Waals surface area contributed by atoms with E-state index in [1.54, 1.807) is 6.07 Å². The molecule has 0 aliphatic carbocycles. The third kappa shape index (κ3) is 4.07. The molecular formula is C17H25FN2. The summed E-state index contributed by atoms with van der Waals surface area (Å²) in [7, 11) is 0. The van der Waals surface area contributed by atoms with Crippen LogP contribution in [0.4, 0.5) is 10.1 Å². The molecule has 1 heterocycles. The summed E-state index contributed by atoms with van der Waals surface area (Å²) in [4.78, 5) is 2.48. The number of hydrogen-bond donors (Lipinski definition) is 1. The van der Waals surface area contributed by atoms with E-state index in [1.807, 2.05) is 13.0 Å². The fourth-order valence-electron chi connectivity index (χ4n) is 2.56. The number of hydrogen-bond acceptors (Lipinski definition) is 2. The summed E-state index contributed by atoms with van der Waals surface area (Å²) < 4.78 is 13.5. The number of nitrogens with zero attached hydrogens (tertiary/aromatic N) is 1. The number of anilines is 1. The van der Waals surface area contributed by atoms with E-state index < -0.39 is 0 Å². The van der Waals surface area contributed by atoms with Crippen LogP contribution < -0.4 is 5.32 Å². The van der Waals surface area contributed by atoms with E-state index in [-0.39, 0.29) is 5.82 Å². The molecule has 0 aromatic heterocycles. The van der Waals surface area contributed by atoms with Crippen LogP contribution in [0.15, 0.2) is 29.8 Å². The molecule has 110 valence electrons. The molecule has 1 aromatic carbocycles. The third-order valence-electron chi connectivity index (χ3n) is 3.97. The Hall–Kier alpha value is -1.35. The van der Waals surface area contributed by atoms with Crippen LogP contribution in [0.3, 0.4) is 0 Å². The highest BCUT2D eigenvalue weighted by Gasteiger charge is 2.19. The highest BCUT2D eigenvalue weighted by Crippen LogP contribution is 2.21. The lowest BCUT2D eigenvalue weighted by Crippen LogP contribution is -2.39. The average Bonchev–Trinajstić information content (AvgIpc) is 2.43. The molecule has 0 saturated carbocycles. The van der Waals surface area contributed by atoms with E-state index in [1.165, 1.54) is 11.6 Å². The summed E-state index contributed by atoms with van der Waals surface area (Å²) >= 11 is 0. The topological polar surface area (TPSA) is 15.3 Å². The molecule has 1 aliphatic rings. The van der Waals surface area contributed by atoms with Crippen molar-refractivity contribution in [1.82, 2.24) is 4.90 Å².